The summed E-state index contributed by atoms with van der Waals surface area (Å²) >= 11 is 0. The molecule has 2 aromatic rings. The molecule has 0 spiro atoms. The number of allylic oxidation sites excluding steroid dienone is 2. The van der Waals surface area contributed by atoms with E-state index < -0.39 is 11.1 Å². The van der Waals surface area contributed by atoms with Gasteiger partial charge in [0.15, 0.2) is 0 Å². The van der Waals surface area contributed by atoms with Crippen molar-refractivity contribution in [1.82, 2.24) is 5.32 Å². The summed E-state index contributed by atoms with van der Waals surface area (Å²) in [5, 5.41) is 11.4. The van der Waals surface area contributed by atoms with E-state index in [1.54, 1.807) is 6.08 Å². The molecule has 0 saturated carbocycles. The van der Waals surface area contributed by atoms with Gasteiger partial charge in [0.05, 0.1) is 17.7 Å². The van der Waals surface area contributed by atoms with Gasteiger partial charge in [-0.15, -0.1) is 0 Å². The summed E-state index contributed by atoms with van der Waals surface area (Å²) in [5.41, 5.74) is 5.20. The summed E-state index contributed by atoms with van der Waals surface area (Å²) in [6, 6.07) is 16.0. The summed E-state index contributed by atoms with van der Waals surface area (Å²) in [6.45, 7) is 24.8. The smallest absolute Gasteiger partial charge is 0.407 e. The third-order valence-electron chi connectivity index (χ3n) is 8.12. The lowest BCUT2D eigenvalue weighted by atomic mass is 9.92. The number of carbonyl (C=O) groups excluding carboxylic acids is 2. The first-order valence-electron chi connectivity index (χ1n) is 17.9. The Balaban J connectivity index is 0.000000780. The van der Waals surface area contributed by atoms with Gasteiger partial charge < -0.3 is 15.2 Å². The maximum atomic E-state index is 12.0. The molecular formula is C42H66N2O4. The van der Waals surface area contributed by atoms with E-state index in [0.29, 0.717) is 13.2 Å². The summed E-state index contributed by atoms with van der Waals surface area (Å²) < 4.78 is 5.32. The molecule has 0 bridgehead atoms. The van der Waals surface area contributed by atoms with E-state index >= 15 is 0 Å². The van der Waals surface area contributed by atoms with Crippen molar-refractivity contribution in [3.05, 3.63) is 83.9 Å². The number of nitrogens with zero attached hydrogens (tertiary/aromatic N) is 1. The molecular weight excluding hydrogens is 596 g/mol. The second-order valence-electron chi connectivity index (χ2n) is 13.6. The molecule has 0 radical (unpaired) electrons. The largest absolute Gasteiger partial charge is 0.450 e. The molecule has 0 heterocycles. The van der Waals surface area contributed by atoms with Crippen molar-refractivity contribution >= 4 is 23.3 Å². The standard InChI is InChI=1S/C21H33NO2.C13H15NO.C8H18O/c1-6-7-8-9-10-11-15-24-20(23)22-21(4,5)19-14-12-13-18(16-19)17(2)3;1-10(2)11-6-5-7-12(8-11)13(3,4)14-9-15;1-2-3-4-5-6-7-8-9/h12-14,16H,2,6-11,15H2,1,3-5H3,(H,22,23);5-8H,1H2,2-4H3;9H,2-8H2,1H3. The highest BCUT2D eigenvalue weighted by atomic mass is 16.5. The Labute approximate surface area is 293 Å². The summed E-state index contributed by atoms with van der Waals surface area (Å²) in [4.78, 5) is 26.1. The van der Waals surface area contributed by atoms with Gasteiger partial charge in [0, 0.05) is 6.61 Å². The SMILES string of the molecule is C=C(C)c1cccc(C(C)(C)N=C=O)c1.C=C(C)c1cccc(C(C)(C)NC(=O)OCCCCCCCC)c1.CCCCCCCCO. The number of hydrogen-bond donors (Lipinski definition) is 2. The van der Waals surface area contributed by atoms with Crippen LogP contribution in [0.5, 0.6) is 0 Å². The highest BCUT2D eigenvalue weighted by Gasteiger charge is 2.24. The molecule has 0 saturated heterocycles. The molecule has 2 N–H and O–H groups in total. The van der Waals surface area contributed by atoms with E-state index in [-0.39, 0.29) is 6.09 Å². The number of unbranched alkanes of at least 4 members (excludes halogenated alkanes) is 10. The lowest BCUT2D eigenvalue weighted by molar-refractivity contribution is 0.133. The Morgan fingerprint density at radius 1 is 0.771 bits per heavy atom. The van der Waals surface area contributed by atoms with Gasteiger partial charge in [-0.2, -0.15) is 4.99 Å². The van der Waals surface area contributed by atoms with Crippen molar-refractivity contribution in [1.29, 1.82) is 0 Å². The quantitative estimate of drug-likeness (QED) is 0.0890. The minimum atomic E-state index is -0.521. The number of rotatable bonds is 19. The average Bonchev–Trinajstić information content (AvgIpc) is 3.05. The minimum absolute atomic E-state index is 0.353. The fraction of sp³-hybridized carbons (Fsp3) is 0.571. The van der Waals surface area contributed by atoms with Crippen LogP contribution in [0.25, 0.3) is 11.1 Å². The van der Waals surface area contributed by atoms with Crippen LogP contribution in [0.1, 0.15) is 155 Å². The summed E-state index contributed by atoms with van der Waals surface area (Å²) in [7, 11) is 0. The van der Waals surface area contributed by atoms with Gasteiger partial charge in [0.2, 0.25) is 6.08 Å². The molecule has 0 atom stereocenters. The van der Waals surface area contributed by atoms with Gasteiger partial charge in [0.25, 0.3) is 0 Å². The normalized spacial score (nSPS) is 10.8. The van der Waals surface area contributed by atoms with Crippen molar-refractivity contribution in [3.8, 4) is 0 Å². The van der Waals surface area contributed by atoms with Crippen LogP contribution in [-0.2, 0) is 20.6 Å². The van der Waals surface area contributed by atoms with Gasteiger partial charge >= 0.3 is 6.09 Å². The Hall–Kier alpha value is -3.47. The first-order valence-corrected chi connectivity index (χ1v) is 17.9. The Kier molecular flexibility index (Phi) is 23.7. The van der Waals surface area contributed by atoms with Crippen LogP contribution in [-0.4, -0.2) is 30.5 Å². The Morgan fingerprint density at radius 2 is 1.23 bits per heavy atom. The van der Waals surface area contributed by atoms with Crippen LogP contribution in [0.15, 0.2) is 66.7 Å². The summed E-state index contributed by atoms with van der Waals surface area (Å²) in [6.07, 6.45) is 15.8. The van der Waals surface area contributed by atoms with Crippen molar-refractivity contribution in [2.45, 2.75) is 144 Å². The fourth-order valence-electron chi connectivity index (χ4n) is 4.82. The predicted octanol–water partition coefficient (Wildman–Crippen LogP) is 11.7. The molecule has 0 aliphatic heterocycles. The molecule has 48 heavy (non-hydrogen) atoms. The number of aliphatic hydroxyl groups excluding tert-OH is 1. The number of amides is 1. The zero-order chi connectivity index (χ0) is 36.4. The number of ether oxygens (including phenoxy) is 1. The van der Waals surface area contributed by atoms with Gasteiger partial charge in [-0.05, 0) is 88.8 Å². The Morgan fingerprint density at radius 3 is 1.71 bits per heavy atom. The maximum Gasteiger partial charge on any atom is 0.407 e. The molecule has 0 aliphatic carbocycles. The topological polar surface area (TPSA) is 88.0 Å². The van der Waals surface area contributed by atoms with Crippen molar-refractivity contribution in [2.24, 2.45) is 4.99 Å². The fourth-order valence-corrected chi connectivity index (χ4v) is 4.82. The average molecular weight is 663 g/mol. The van der Waals surface area contributed by atoms with Crippen LogP contribution >= 0.6 is 0 Å². The zero-order valence-electron chi connectivity index (χ0n) is 31.6. The Bertz CT molecular complexity index is 1250. The van der Waals surface area contributed by atoms with Gasteiger partial charge in [0.1, 0.15) is 0 Å². The van der Waals surface area contributed by atoms with E-state index in [1.165, 1.54) is 57.8 Å². The number of benzene rings is 2. The summed E-state index contributed by atoms with van der Waals surface area (Å²) in [5.74, 6) is 0. The lowest BCUT2D eigenvalue weighted by Crippen LogP contribution is -2.41. The third-order valence-corrected chi connectivity index (χ3v) is 8.12. The highest BCUT2D eigenvalue weighted by Crippen LogP contribution is 2.26. The predicted molar refractivity (Wildman–Crippen MR) is 205 cm³/mol. The van der Waals surface area contributed by atoms with Gasteiger partial charge in [-0.1, -0.05) is 139 Å². The van der Waals surface area contributed by atoms with Crippen molar-refractivity contribution in [2.75, 3.05) is 13.2 Å². The molecule has 0 aromatic heterocycles. The third kappa shape index (κ3) is 20.0. The van der Waals surface area contributed by atoms with E-state index in [2.05, 4.69) is 43.4 Å². The zero-order valence-corrected chi connectivity index (χ0v) is 31.6. The second kappa shape index (κ2) is 25.5. The highest BCUT2D eigenvalue weighted by molar-refractivity contribution is 5.69. The van der Waals surface area contributed by atoms with E-state index in [9.17, 15) is 9.59 Å². The molecule has 6 nitrogen and oxygen atoms in total. The van der Waals surface area contributed by atoms with E-state index in [4.69, 9.17) is 9.84 Å². The number of alkyl carbamates (subject to hydrolysis) is 1. The number of isocyanates is 1. The molecule has 1 amide bonds. The number of nitrogens with one attached hydrogen (secondary N) is 1. The number of hydrogen-bond acceptors (Lipinski definition) is 5. The van der Waals surface area contributed by atoms with Gasteiger partial charge in [-0.25, -0.2) is 9.59 Å². The molecule has 268 valence electrons. The van der Waals surface area contributed by atoms with Crippen LogP contribution < -0.4 is 5.32 Å². The molecule has 2 rings (SSSR count). The molecule has 6 heteroatoms. The van der Waals surface area contributed by atoms with Crippen LogP contribution in [0.3, 0.4) is 0 Å². The molecule has 0 unspecified atom stereocenters. The molecule has 0 fully saturated rings. The van der Waals surface area contributed by atoms with Gasteiger partial charge in [-0.3, -0.25) is 0 Å². The van der Waals surface area contributed by atoms with E-state index in [0.717, 1.165) is 52.7 Å². The first-order chi connectivity index (χ1) is 22.7. The van der Waals surface area contributed by atoms with E-state index in [1.807, 2.05) is 84.0 Å². The molecule has 0 aliphatic rings. The monoisotopic (exact) mass is 663 g/mol. The number of carbonyl (C=O) groups is 1. The minimum Gasteiger partial charge on any atom is -0.450 e. The van der Waals surface area contributed by atoms with Crippen molar-refractivity contribution < 1.29 is 19.4 Å². The number of aliphatic imine (C=N–C) groups is 1. The van der Waals surface area contributed by atoms with Crippen LogP contribution in [0.2, 0.25) is 0 Å². The second-order valence-corrected chi connectivity index (χ2v) is 13.6. The van der Waals surface area contributed by atoms with Crippen LogP contribution in [0.4, 0.5) is 4.79 Å². The first kappa shape index (κ1) is 44.5. The lowest BCUT2D eigenvalue weighted by Gasteiger charge is -2.27. The maximum absolute atomic E-state index is 12.0. The van der Waals surface area contributed by atoms with Crippen molar-refractivity contribution in [3.63, 3.8) is 0 Å². The number of aliphatic hydroxyl groups is 1. The van der Waals surface area contributed by atoms with Crippen LogP contribution in [0, 0.1) is 0 Å². The molecule has 2 aromatic carbocycles.